The average Bonchev–Trinajstić information content (AvgIpc) is 3.09. The molecule has 0 bridgehead atoms. The monoisotopic (exact) mass is 304 g/mol. The molecule has 3 rings (SSSR count). The summed E-state index contributed by atoms with van der Waals surface area (Å²) in [5.74, 6) is 0.291. The highest BCUT2D eigenvalue weighted by Crippen LogP contribution is 2.29. The van der Waals surface area contributed by atoms with Crippen LogP contribution in [0.3, 0.4) is 0 Å². The van der Waals surface area contributed by atoms with E-state index in [-0.39, 0.29) is 11.2 Å². The van der Waals surface area contributed by atoms with E-state index < -0.39 is 0 Å². The molecule has 0 amide bonds. The van der Waals surface area contributed by atoms with Gasteiger partial charge in [0.05, 0.1) is 12.3 Å². The molecule has 0 aliphatic carbocycles. The van der Waals surface area contributed by atoms with E-state index in [1.807, 2.05) is 12.1 Å². The number of cyclic esters (lactones) is 1. The summed E-state index contributed by atoms with van der Waals surface area (Å²) in [5.41, 5.74) is 2.15. The number of esters is 1. The second kappa shape index (κ2) is 5.85. The van der Waals surface area contributed by atoms with E-state index in [2.05, 4.69) is 41.5 Å². The van der Waals surface area contributed by atoms with Crippen LogP contribution in [0.4, 0.5) is 0 Å². The number of rotatable bonds is 4. The summed E-state index contributed by atoms with van der Waals surface area (Å²) in [6.45, 7) is 4.78. The molecule has 2 heterocycles. The van der Waals surface area contributed by atoms with Crippen LogP contribution in [0.15, 0.2) is 29.4 Å². The number of carbonyl (C=O) groups excluding carboxylic acids is 1. The Kier molecular flexibility index (Phi) is 3.92. The minimum Gasteiger partial charge on any atom is -0.465 e. The molecule has 0 radical (unpaired) electrons. The second-order valence-electron chi connectivity index (χ2n) is 5.18. The van der Waals surface area contributed by atoms with Gasteiger partial charge in [-0.25, -0.2) is 0 Å². The van der Waals surface area contributed by atoms with Crippen molar-refractivity contribution in [3.63, 3.8) is 0 Å². The van der Waals surface area contributed by atoms with Gasteiger partial charge < -0.3 is 4.74 Å². The molecule has 1 aromatic heterocycles. The Morgan fingerprint density at radius 3 is 2.71 bits per heavy atom. The van der Waals surface area contributed by atoms with Crippen LogP contribution in [0.1, 0.15) is 31.7 Å². The van der Waals surface area contributed by atoms with Crippen LogP contribution in [0.5, 0.6) is 0 Å². The first-order chi connectivity index (χ1) is 10.1. The predicted molar refractivity (Wildman–Crippen MR) is 78.5 cm³/mol. The lowest BCUT2D eigenvalue weighted by atomic mass is 10.0. The minimum atomic E-state index is -0.218. The molecular weight excluding hydrogens is 288 g/mol. The van der Waals surface area contributed by atoms with E-state index >= 15 is 0 Å². The molecule has 1 aromatic carbocycles. The fourth-order valence-corrected chi connectivity index (χ4v) is 3.08. The third-order valence-corrected chi connectivity index (χ3v) is 4.56. The number of hydrogen-bond donors (Lipinski definition) is 0. The summed E-state index contributed by atoms with van der Waals surface area (Å²) in [6, 6.07) is 8.12. The zero-order valence-electron chi connectivity index (χ0n) is 11.9. The minimum absolute atomic E-state index is 0.190. The maximum Gasteiger partial charge on any atom is 0.319 e. The van der Waals surface area contributed by atoms with Crippen molar-refractivity contribution in [2.45, 2.75) is 36.6 Å². The van der Waals surface area contributed by atoms with Crippen molar-refractivity contribution >= 4 is 17.7 Å². The molecule has 1 aliphatic rings. The summed E-state index contributed by atoms with van der Waals surface area (Å²) in [6.07, 6.45) is 0.697. The lowest BCUT2D eigenvalue weighted by Crippen LogP contribution is -2.11. The number of benzene rings is 1. The van der Waals surface area contributed by atoms with Crippen molar-refractivity contribution in [2.75, 3.05) is 6.61 Å². The van der Waals surface area contributed by atoms with Gasteiger partial charge >= 0.3 is 5.97 Å². The molecule has 1 fully saturated rings. The van der Waals surface area contributed by atoms with E-state index in [9.17, 15) is 4.79 Å². The van der Waals surface area contributed by atoms with E-state index in [0.717, 1.165) is 5.69 Å². The van der Waals surface area contributed by atoms with Crippen molar-refractivity contribution in [2.24, 2.45) is 0 Å². The molecule has 0 spiro atoms. The van der Waals surface area contributed by atoms with Gasteiger partial charge in [-0.2, -0.15) is 4.68 Å². The van der Waals surface area contributed by atoms with Gasteiger partial charge in [-0.05, 0) is 34.0 Å². The van der Waals surface area contributed by atoms with Crippen LogP contribution in [-0.4, -0.2) is 38.0 Å². The quantitative estimate of drug-likeness (QED) is 0.806. The SMILES string of the molecule is CC(C)c1ccc(-n2nnnc2S[C@@H]2CCOC2=O)cc1. The average molecular weight is 304 g/mol. The molecule has 0 N–H and O–H groups in total. The zero-order valence-corrected chi connectivity index (χ0v) is 12.7. The smallest absolute Gasteiger partial charge is 0.319 e. The van der Waals surface area contributed by atoms with Gasteiger partial charge in [0.2, 0.25) is 5.16 Å². The van der Waals surface area contributed by atoms with Crippen molar-refractivity contribution in [1.29, 1.82) is 0 Å². The Hall–Kier alpha value is -1.89. The molecule has 1 atom stereocenters. The number of tetrazole rings is 1. The molecule has 0 saturated carbocycles. The van der Waals surface area contributed by atoms with E-state index in [4.69, 9.17) is 4.74 Å². The van der Waals surface area contributed by atoms with Gasteiger partial charge in [0.25, 0.3) is 0 Å². The molecule has 110 valence electrons. The van der Waals surface area contributed by atoms with Gasteiger partial charge in [-0.3, -0.25) is 4.79 Å². The first-order valence-electron chi connectivity index (χ1n) is 6.87. The lowest BCUT2D eigenvalue weighted by molar-refractivity contribution is -0.137. The van der Waals surface area contributed by atoms with Crippen LogP contribution < -0.4 is 0 Å². The summed E-state index contributed by atoms with van der Waals surface area (Å²) in [4.78, 5) is 11.5. The molecule has 6 nitrogen and oxygen atoms in total. The number of ether oxygens (including phenoxy) is 1. The van der Waals surface area contributed by atoms with Crippen molar-refractivity contribution in [1.82, 2.24) is 20.2 Å². The molecule has 2 aromatic rings. The fourth-order valence-electron chi connectivity index (χ4n) is 2.13. The normalized spacial score (nSPS) is 18.2. The van der Waals surface area contributed by atoms with Crippen LogP contribution in [0.2, 0.25) is 0 Å². The first-order valence-corrected chi connectivity index (χ1v) is 7.75. The Morgan fingerprint density at radius 1 is 1.33 bits per heavy atom. The van der Waals surface area contributed by atoms with Crippen LogP contribution in [0.25, 0.3) is 5.69 Å². The van der Waals surface area contributed by atoms with Crippen LogP contribution in [0, 0.1) is 0 Å². The molecule has 0 unspecified atom stereocenters. The number of carbonyl (C=O) groups is 1. The molecule has 7 heteroatoms. The second-order valence-corrected chi connectivity index (χ2v) is 6.35. The van der Waals surface area contributed by atoms with Crippen molar-refractivity contribution in [3.8, 4) is 5.69 Å². The Morgan fingerprint density at radius 2 is 2.10 bits per heavy atom. The van der Waals surface area contributed by atoms with Gasteiger partial charge in [-0.15, -0.1) is 5.10 Å². The predicted octanol–water partition coefficient (Wildman–Crippen LogP) is 2.19. The van der Waals surface area contributed by atoms with Gasteiger partial charge in [-0.1, -0.05) is 37.7 Å². The highest BCUT2D eigenvalue weighted by molar-refractivity contribution is 8.00. The van der Waals surface area contributed by atoms with Crippen LogP contribution in [-0.2, 0) is 9.53 Å². The third-order valence-electron chi connectivity index (χ3n) is 3.38. The van der Waals surface area contributed by atoms with Gasteiger partial charge in [0, 0.05) is 6.42 Å². The Bertz CT molecular complexity index is 639. The van der Waals surface area contributed by atoms with E-state index in [0.29, 0.717) is 24.1 Å². The highest BCUT2D eigenvalue weighted by Gasteiger charge is 2.29. The third kappa shape index (κ3) is 2.92. The Labute approximate surface area is 126 Å². The van der Waals surface area contributed by atoms with Gasteiger partial charge in [0.1, 0.15) is 5.25 Å². The molecule has 1 aliphatic heterocycles. The Balaban J connectivity index is 1.83. The first kappa shape index (κ1) is 14.1. The molecule has 1 saturated heterocycles. The number of aromatic nitrogens is 4. The van der Waals surface area contributed by atoms with E-state index in [1.165, 1.54) is 17.3 Å². The van der Waals surface area contributed by atoms with Crippen LogP contribution >= 0.6 is 11.8 Å². The summed E-state index contributed by atoms with van der Waals surface area (Å²) >= 11 is 1.35. The standard InChI is InChI=1S/C14H16N4O2S/c1-9(2)10-3-5-11(6-4-10)18-14(15-16-17-18)21-12-7-8-20-13(12)19/h3-6,9,12H,7-8H2,1-2H3/t12-/m1/s1. The number of hydrogen-bond acceptors (Lipinski definition) is 6. The summed E-state index contributed by atoms with van der Waals surface area (Å²) in [7, 11) is 0. The number of nitrogens with zero attached hydrogens (tertiary/aromatic N) is 4. The van der Waals surface area contributed by atoms with Crippen molar-refractivity contribution < 1.29 is 9.53 Å². The summed E-state index contributed by atoms with van der Waals surface area (Å²) in [5, 5.41) is 12.1. The number of thioether (sulfide) groups is 1. The molecular formula is C14H16N4O2S. The largest absolute Gasteiger partial charge is 0.465 e. The van der Waals surface area contributed by atoms with Crippen molar-refractivity contribution in [3.05, 3.63) is 29.8 Å². The maximum atomic E-state index is 11.5. The topological polar surface area (TPSA) is 69.9 Å². The van der Waals surface area contributed by atoms with Gasteiger partial charge in [0.15, 0.2) is 0 Å². The highest BCUT2D eigenvalue weighted by atomic mass is 32.2. The summed E-state index contributed by atoms with van der Waals surface area (Å²) < 4.78 is 6.62. The zero-order chi connectivity index (χ0) is 14.8. The lowest BCUT2D eigenvalue weighted by Gasteiger charge is -2.08. The maximum absolute atomic E-state index is 11.5. The fraction of sp³-hybridized carbons (Fsp3) is 0.429. The molecule has 21 heavy (non-hydrogen) atoms. The van der Waals surface area contributed by atoms with E-state index in [1.54, 1.807) is 4.68 Å².